The smallest absolute Gasteiger partial charge is 0.341 e. The number of hydrogen-bond acceptors (Lipinski definition) is 7. The number of benzene rings is 1. The fraction of sp³-hybridized carbons (Fsp3) is 0.316. The Balaban J connectivity index is 1.79. The van der Waals surface area contributed by atoms with Crippen LogP contribution in [0.1, 0.15) is 15.9 Å². The average Bonchev–Trinajstić information content (AvgIpc) is 2.71. The van der Waals surface area contributed by atoms with Crippen LogP contribution in [0.3, 0.4) is 0 Å². The van der Waals surface area contributed by atoms with E-state index in [0.717, 1.165) is 5.56 Å². The van der Waals surface area contributed by atoms with Gasteiger partial charge in [0.1, 0.15) is 5.03 Å². The largest absolute Gasteiger partial charge is 0.493 e. The fourth-order valence-corrected chi connectivity index (χ4v) is 2.89. The molecule has 1 N–H and O–H groups in total. The van der Waals surface area contributed by atoms with Gasteiger partial charge in [-0.05, 0) is 42.5 Å². The van der Waals surface area contributed by atoms with E-state index in [2.05, 4.69) is 10.3 Å². The summed E-state index contributed by atoms with van der Waals surface area (Å²) >= 11 is 1.34. The number of methoxy groups -OCH3 is 2. The molecule has 1 amide bonds. The van der Waals surface area contributed by atoms with E-state index in [1.54, 1.807) is 32.5 Å². The van der Waals surface area contributed by atoms with Crippen LogP contribution in [0.25, 0.3) is 0 Å². The molecule has 27 heavy (non-hydrogen) atoms. The van der Waals surface area contributed by atoms with Gasteiger partial charge in [0.15, 0.2) is 18.1 Å². The second kappa shape index (κ2) is 10.4. The van der Waals surface area contributed by atoms with Crippen molar-refractivity contribution < 1.29 is 23.8 Å². The van der Waals surface area contributed by atoms with Crippen molar-refractivity contribution in [2.75, 3.05) is 33.6 Å². The van der Waals surface area contributed by atoms with Gasteiger partial charge in [-0.3, -0.25) is 4.79 Å². The lowest BCUT2D eigenvalue weighted by atomic mass is 10.1. The Morgan fingerprint density at radius 2 is 1.93 bits per heavy atom. The molecule has 0 aliphatic rings. The number of aromatic nitrogens is 1. The second-order valence-corrected chi connectivity index (χ2v) is 6.22. The maximum atomic E-state index is 12.1. The predicted octanol–water partition coefficient (Wildman–Crippen LogP) is 2.34. The third kappa shape index (κ3) is 5.89. The summed E-state index contributed by atoms with van der Waals surface area (Å²) in [7, 11) is 3.15. The first-order chi connectivity index (χ1) is 13.1. The van der Waals surface area contributed by atoms with Crippen LogP contribution >= 0.6 is 11.8 Å². The number of rotatable bonds is 9. The van der Waals surface area contributed by atoms with Gasteiger partial charge in [0.05, 0.1) is 19.8 Å². The molecule has 1 aromatic heterocycles. The number of ether oxygens (including phenoxy) is 3. The second-order valence-electron chi connectivity index (χ2n) is 5.43. The van der Waals surface area contributed by atoms with Crippen molar-refractivity contribution in [3.63, 3.8) is 0 Å². The first kappa shape index (κ1) is 20.6. The van der Waals surface area contributed by atoms with Crippen molar-refractivity contribution in [1.82, 2.24) is 10.3 Å². The van der Waals surface area contributed by atoms with Crippen LogP contribution in [0.2, 0.25) is 0 Å². The van der Waals surface area contributed by atoms with Crippen molar-refractivity contribution in [2.45, 2.75) is 11.4 Å². The van der Waals surface area contributed by atoms with Gasteiger partial charge >= 0.3 is 5.97 Å². The number of pyridine rings is 1. The monoisotopic (exact) mass is 390 g/mol. The maximum absolute atomic E-state index is 12.1. The molecule has 1 heterocycles. The zero-order chi connectivity index (χ0) is 19.6. The molecule has 2 rings (SSSR count). The van der Waals surface area contributed by atoms with Crippen molar-refractivity contribution in [1.29, 1.82) is 0 Å². The van der Waals surface area contributed by atoms with Crippen molar-refractivity contribution in [2.24, 2.45) is 0 Å². The highest BCUT2D eigenvalue weighted by atomic mass is 32.2. The quantitative estimate of drug-likeness (QED) is 0.519. The summed E-state index contributed by atoms with van der Waals surface area (Å²) in [6.45, 7) is 0.0717. The maximum Gasteiger partial charge on any atom is 0.341 e. The number of amides is 1. The molecule has 0 saturated heterocycles. The highest BCUT2D eigenvalue weighted by molar-refractivity contribution is 7.98. The van der Waals surface area contributed by atoms with Crippen molar-refractivity contribution in [3.8, 4) is 11.5 Å². The zero-order valence-corrected chi connectivity index (χ0v) is 16.3. The normalized spacial score (nSPS) is 10.2. The third-order valence-corrected chi connectivity index (χ3v) is 4.41. The van der Waals surface area contributed by atoms with Gasteiger partial charge in [0, 0.05) is 12.7 Å². The van der Waals surface area contributed by atoms with Crippen LogP contribution in [0.5, 0.6) is 11.5 Å². The van der Waals surface area contributed by atoms with Gasteiger partial charge < -0.3 is 19.5 Å². The summed E-state index contributed by atoms with van der Waals surface area (Å²) in [6.07, 6.45) is 4.03. The number of hydrogen-bond donors (Lipinski definition) is 1. The summed E-state index contributed by atoms with van der Waals surface area (Å²) in [6, 6.07) is 8.85. The summed E-state index contributed by atoms with van der Waals surface area (Å²) < 4.78 is 15.5. The molecule has 2 aromatic rings. The van der Waals surface area contributed by atoms with Gasteiger partial charge in [-0.15, -0.1) is 11.8 Å². The van der Waals surface area contributed by atoms with Gasteiger partial charge in [-0.1, -0.05) is 6.07 Å². The molecular formula is C19H22N2O5S. The summed E-state index contributed by atoms with van der Waals surface area (Å²) in [5, 5.41) is 3.29. The standard InChI is InChI=1S/C19H22N2O5S/c1-24-15-7-6-13(11-16(15)25-2)8-10-20-17(22)12-26-19(23)14-5-4-9-21-18(14)27-3/h4-7,9,11H,8,10,12H2,1-3H3,(H,20,22). The third-order valence-electron chi connectivity index (χ3n) is 3.70. The van der Waals surface area contributed by atoms with Crippen LogP contribution < -0.4 is 14.8 Å². The van der Waals surface area contributed by atoms with Crippen molar-refractivity contribution >= 4 is 23.6 Å². The number of thioether (sulfide) groups is 1. The van der Waals surface area contributed by atoms with E-state index < -0.39 is 5.97 Å². The highest BCUT2D eigenvalue weighted by Crippen LogP contribution is 2.27. The molecular weight excluding hydrogens is 368 g/mol. The molecule has 0 spiro atoms. The van der Waals surface area contributed by atoms with Gasteiger partial charge in [-0.25, -0.2) is 9.78 Å². The molecule has 0 saturated carbocycles. The summed E-state index contributed by atoms with van der Waals surface area (Å²) in [5.41, 5.74) is 1.34. The van der Waals surface area contributed by atoms with Crippen LogP contribution in [0, 0.1) is 0 Å². The number of carbonyl (C=O) groups is 2. The minimum atomic E-state index is -0.567. The van der Waals surface area contributed by atoms with Crippen molar-refractivity contribution in [3.05, 3.63) is 47.7 Å². The lowest BCUT2D eigenvalue weighted by molar-refractivity contribution is -0.124. The lowest BCUT2D eigenvalue weighted by Gasteiger charge is -2.10. The molecule has 0 bridgehead atoms. The Labute approximate surface area is 162 Å². The minimum Gasteiger partial charge on any atom is -0.493 e. The molecule has 144 valence electrons. The molecule has 0 aliphatic heterocycles. The lowest BCUT2D eigenvalue weighted by Crippen LogP contribution is -2.30. The molecule has 0 aliphatic carbocycles. The number of nitrogens with zero attached hydrogens (tertiary/aromatic N) is 1. The molecule has 0 unspecified atom stereocenters. The number of carbonyl (C=O) groups excluding carboxylic acids is 2. The van der Waals surface area contributed by atoms with E-state index in [-0.39, 0.29) is 12.5 Å². The number of nitrogens with one attached hydrogen (secondary N) is 1. The van der Waals surface area contributed by atoms with Crippen LogP contribution in [-0.2, 0) is 16.0 Å². The summed E-state index contributed by atoms with van der Waals surface area (Å²) in [4.78, 5) is 28.1. The molecule has 0 radical (unpaired) electrons. The first-order valence-corrected chi connectivity index (χ1v) is 9.45. The van der Waals surface area contributed by atoms with Crippen LogP contribution in [-0.4, -0.2) is 50.5 Å². The molecule has 0 atom stereocenters. The fourth-order valence-electron chi connectivity index (χ4n) is 2.35. The summed E-state index contributed by atoms with van der Waals surface area (Å²) in [5.74, 6) is 0.356. The zero-order valence-electron chi connectivity index (χ0n) is 15.5. The van der Waals surface area contributed by atoms with E-state index in [9.17, 15) is 9.59 Å². The Hall–Kier alpha value is -2.74. The topological polar surface area (TPSA) is 86.8 Å². The van der Waals surface area contributed by atoms with E-state index in [1.807, 2.05) is 24.5 Å². The molecule has 1 aromatic carbocycles. The first-order valence-electron chi connectivity index (χ1n) is 8.22. The van der Waals surface area contributed by atoms with Gasteiger partial charge in [-0.2, -0.15) is 0 Å². The average molecular weight is 390 g/mol. The van der Waals surface area contributed by atoms with E-state index in [4.69, 9.17) is 14.2 Å². The highest BCUT2D eigenvalue weighted by Gasteiger charge is 2.14. The minimum absolute atomic E-state index is 0.340. The van der Waals surface area contributed by atoms with Gasteiger partial charge in [0.2, 0.25) is 0 Å². The predicted molar refractivity (Wildman–Crippen MR) is 103 cm³/mol. The van der Waals surface area contributed by atoms with Gasteiger partial charge in [0.25, 0.3) is 5.91 Å². The Bertz CT molecular complexity index is 797. The number of esters is 1. The van der Waals surface area contributed by atoms with Crippen LogP contribution in [0.4, 0.5) is 0 Å². The van der Waals surface area contributed by atoms with E-state index >= 15 is 0 Å². The van der Waals surface area contributed by atoms with E-state index in [1.165, 1.54) is 11.8 Å². The van der Waals surface area contributed by atoms with E-state index in [0.29, 0.717) is 35.1 Å². The Morgan fingerprint density at radius 3 is 2.63 bits per heavy atom. The SMILES string of the molecule is COc1ccc(CCNC(=O)COC(=O)c2cccnc2SC)cc1OC. The Kier molecular flexibility index (Phi) is 7.94. The van der Waals surface area contributed by atoms with Crippen LogP contribution in [0.15, 0.2) is 41.6 Å². The Morgan fingerprint density at radius 1 is 1.15 bits per heavy atom. The molecule has 7 nitrogen and oxygen atoms in total. The molecule has 8 heteroatoms. The molecule has 0 fully saturated rings.